The second-order valence-electron chi connectivity index (χ2n) is 6.01. The lowest BCUT2D eigenvalue weighted by Gasteiger charge is -2.35. The molecule has 2 fully saturated rings. The van der Waals surface area contributed by atoms with Gasteiger partial charge in [-0.15, -0.1) is 0 Å². The Bertz CT molecular complexity index is 625. The maximum Gasteiger partial charge on any atom is 0.275 e. The summed E-state index contributed by atoms with van der Waals surface area (Å²) in [6.45, 7) is 0.831. The summed E-state index contributed by atoms with van der Waals surface area (Å²) in [4.78, 5) is 12.0. The van der Waals surface area contributed by atoms with E-state index >= 15 is 0 Å². The average molecular weight is 289 g/mol. The van der Waals surface area contributed by atoms with E-state index in [0.717, 1.165) is 50.2 Å². The van der Waals surface area contributed by atoms with Crippen LogP contribution in [0.15, 0.2) is 10.7 Å². The molecule has 21 heavy (non-hydrogen) atoms. The summed E-state index contributed by atoms with van der Waals surface area (Å²) in [7, 11) is 0. The molecule has 1 saturated carbocycles. The van der Waals surface area contributed by atoms with E-state index in [1.54, 1.807) is 6.20 Å². The third kappa shape index (κ3) is 2.36. The summed E-state index contributed by atoms with van der Waals surface area (Å²) in [6.07, 6.45) is 7.89. The first-order valence-electron chi connectivity index (χ1n) is 7.52. The van der Waals surface area contributed by atoms with Gasteiger partial charge >= 0.3 is 0 Å². The molecule has 4 rings (SSSR count). The number of aromatic nitrogens is 4. The molecular formula is C14H19N5O2. The number of imidazole rings is 1. The Balaban J connectivity index is 1.50. The number of nitrogens with two attached hydrogens (primary N) is 1. The lowest BCUT2D eigenvalue weighted by molar-refractivity contribution is 0.109. The molecule has 1 aliphatic carbocycles. The molecule has 2 aliphatic rings. The van der Waals surface area contributed by atoms with Gasteiger partial charge in [-0.1, -0.05) is 5.16 Å². The highest BCUT2D eigenvalue weighted by atomic mass is 16.5. The topological polar surface area (TPSA) is 103 Å². The van der Waals surface area contributed by atoms with Crippen LogP contribution < -0.4 is 5.73 Å². The van der Waals surface area contributed by atoms with E-state index in [2.05, 4.69) is 20.1 Å². The molecule has 2 aromatic rings. The van der Waals surface area contributed by atoms with Crippen LogP contribution in [0.4, 0.5) is 0 Å². The summed E-state index contributed by atoms with van der Waals surface area (Å²) in [6, 6.07) is 0. The van der Waals surface area contributed by atoms with Crippen molar-refractivity contribution in [2.75, 3.05) is 6.61 Å². The Morgan fingerprint density at radius 2 is 2.29 bits per heavy atom. The van der Waals surface area contributed by atoms with E-state index in [1.807, 2.05) is 0 Å². The molecule has 0 aromatic carbocycles. The smallest absolute Gasteiger partial charge is 0.275 e. The quantitative estimate of drug-likeness (QED) is 0.884. The van der Waals surface area contributed by atoms with Crippen LogP contribution in [0.25, 0.3) is 11.6 Å². The molecule has 7 heteroatoms. The number of nitrogens with zero attached hydrogens (tertiary/aromatic N) is 3. The standard InChI is InChI=1S/C14H19N5O2/c15-14(4-2-5-14)13-16-8-10(17-13)12-18-11(19-21-12)7-9-3-1-6-20-9/h8-9H,1-7,15H2,(H,16,17). The largest absolute Gasteiger partial charge is 0.378 e. The van der Waals surface area contributed by atoms with Gasteiger partial charge in [-0.25, -0.2) is 4.98 Å². The van der Waals surface area contributed by atoms with Crippen molar-refractivity contribution in [3.8, 4) is 11.6 Å². The molecule has 7 nitrogen and oxygen atoms in total. The fraction of sp³-hybridized carbons (Fsp3) is 0.643. The highest BCUT2D eigenvalue weighted by Crippen LogP contribution is 2.37. The minimum absolute atomic E-state index is 0.218. The fourth-order valence-corrected chi connectivity index (χ4v) is 2.93. The minimum atomic E-state index is -0.307. The number of aromatic amines is 1. The molecule has 0 radical (unpaired) electrons. The van der Waals surface area contributed by atoms with Crippen LogP contribution in [0, 0.1) is 0 Å². The Morgan fingerprint density at radius 3 is 3.00 bits per heavy atom. The molecule has 0 bridgehead atoms. The molecule has 1 aliphatic heterocycles. The molecule has 0 spiro atoms. The van der Waals surface area contributed by atoms with Crippen LogP contribution in [0.3, 0.4) is 0 Å². The van der Waals surface area contributed by atoms with Crippen molar-refractivity contribution < 1.29 is 9.26 Å². The fourth-order valence-electron chi connectivity index (χ4n) is 2.93. The summed E-state index contributed by atoms with van der Waals surface area (Å²) in [5, 5.41) is 4.02. The maximum absolute atomic E-state index is 6.25. The normalized spacial score (nSPS) is 24.1. The van der Waals surface area contributed by atoms with E-state index in [1.165, 1.54) is 0 Å². The van der Waals surface area contributed by atoms with Gasteiger partial charge in [0.2, 0.25) is 0 Å². The summed E-state index contributed by atoms with van der Waals surface area (Å²) < 4.78 is 10.9. The predicted octanol–water partition coefficient (Wildman–Crippen LogP) is 1.52. The second-order valence-corrected chi connectivity index (χ2v) is 6.01. The maximum atomic E-state index is 6.25. The van der Waals surface area contributed by atoms with Crippen LogP contribution in [0.1, 0.15) is 43.8 Å². The lowest BCUT2D eigenvalue weighted by atomic mass is 9.77. The average Bonchev–Trinajstić information content (AvgIpc) is 3.17. The van der Waals surface area contributed by atoms with Crippen molar-refractivity contribution in [1.82, 2.24) is 20.1 Å². The van der Waals surface area contributed by atoms with Gasteiger partial charge in [0.25, 0.3) is 5.89 Å². The van der Waals surface area contributed by atoms with Crippen molar-refractivity contribution >= 4 is 0 Å². The zero-order chi connectivity index (χ0) is 14.3. The molecule has 0 amide bonds. The second kappa shape index (κ2) is 4.92. The van der Waals surface area contributed by atoms with Gasteiger partial charge in [0.15, 0.2) is 5.82 Å². The Morgan fingerprint density at radius 1 is 1.38 bits per heavy atom. The monoisotopic (exact) mass is 289 g/mol. The molecule has 1 saturated heterocycles. The number of hydrogen-bond acceptors (Lipinski definition) is 6. The summed E-state index contributed by atoms with van der Waals surface area (Å²) in [5.74, 6) is 1.95. The van der Waals surface area contributed by atoms with Crippen molar-refractivity contribution in [2.45, 2.75) is 50.2 Å². The highest BCUT2D eigenvalue weighted by Gasteiger charge is 2.37. The SMILES string of the molecule is NC1(c2ncc(-c3nc(CC4CCCO4)no3)[nH]2)CCC1. The third-order valence-corrected chi connectivity index (χ3v) is 4.43. The van der Waals surface area contributed by atoms with Crippen LogP contribution in [0.5, 0.6) is 0 Å². The van der Waals surface area contributed by atoms with E-state index in [4.69, 9.17) is 15.0 Å². The Hall–Kier alpha value is -1.73. The predicted molar refractivity (Wildman–Crippen MR) is 74.3 cm³/mol. The summed E-state index contributed by atoms with van der Waals surface area (Å²) >= 11 is 0. The van der Waals surface area contributed by atoms with E-state index < -0.39 is 0 Å². The first kappa shape index (κ1) is 13.0. The third-order valence-electron chi connectivity index (χ3n) is 4.43. The lowest BCUT2D eigenvalue weighted by Crippen LogP contribution is -2.44. The molecule has 112 valence electrons. The van der Waals surface area contributed by atoms with Crippen molar-refractivity contribution in [2.24, 2.45) is 5.73 Å². The Labute approximate surface area is 122 Å². The molecular weight excluding hydrogens is 270 g/mol. The van der Waals surface area contributed by atoms with Gasteiger partial charge in [0.05, 0.1) is 17.8 Å². The van der Waals surface area contributed by atoms with Gasteiger partial charge in [-0.05, 0) is 32.1 Å². The first-order valence-corrected chi connectivity index (χ1v) is 7.52. The number of nitrogens with one attached hydrogen (secondary N) is 1. The van der Waals surface area contributed by atoms with Gasteiger partial charge in [-0.3, -0.25) is 0 Å². The van der Waals surface area contributed by atoms with Crippen LogP contribution in [0.2, 0.25) is 0 Å². The molecule has 1 unspecified atom stereocenters. The number of rotatable bonds is 4. The van der Waals surface area contributed by atoms with E-state index in [9.17, 15) is 0 Å². The van der Waals surface area contributed by atoms with Gasteiger partial charge in [-0.2, -0.15) is 4.98 Å². The summed E-state index contributed by atoms with van der Waals surface area (Å²) in [5.41, 5.74) is 6.68. The van der Waals surface area contributed by atoms with Crippen LogP contribution in [-0.4, -0.2) is 32.8 Å². The Kier molecular flexibility index (Phi) is 3.04. The van der Waals surface area contributed by atoms with Gasteiger partial charge < -0.3 is 20.0 Å². The van der Waals surface area contributed by atoms with Gasteiger partial charge in [0.1, 0.15) is 11.5 Å². The molecule has 2 aromatic heterocycles. The number of ether oxygens (including phenoxy) is 1. The van der Waals surface area contributed by atoms with Gasteiger partial charge in [0, 0.05) is 13.0 Å². The van der Waals surface area contributed by atoms with Crippen LogP contribution >= 0.6 is 0 Å². The highest BCUT2D eigenvalue weighted by molar-refractivity contribution is 5.45. The zero-order valence-electron chi connectivity index (χ0n) is 11.8. The molecule has 3 N–H and O–H groups in total. The number of H-pyrrole nitrogens is 1. The van der Waals surface area contributed by atoms with Crippen molar-refractivity contribution in [1.29, 1.82) is 0 Å². The first-order chi connectivity index (χ1) is 10.2. The molecule has 1 atom stereocenters. The molecule has 3 heterocycles. The van der Waals surface area contributed by atoms with Crippen molar-refractivity contribution in [3.05, 3.63) is 17.8 Å². The van der Waals surface area contributed by atoms with E-state index in [0.29, 0.717) is 18.1 Å². The number of hydrogen-bond donors (Lipinski definition) is 2. The van der Waals surface area contributed by atoms with Crippen molar-refractivity contribution in [3.63, 3.8) is 0 Å². The van der Waals surface area contributed by atoms with Crippen LogP contribution in [-0.2, 0) is 16.7 Å². The minimum Gasteiger partial charge on any atom is -0.378 e. The zero-order valence-corrected chi connectivity index (χ0v) is 11.8. The van der Waals surface area contributed by atoms with E-state index in [-0.39, 0.29) is 11.6 Å².